The van der Waals surface area contributed by atoms with E-state index in [4.69, 9.17) is 9.84 Å². The molecule has 0 fully saturated rings. The van der Waals surface area contributed by atoms with Crippen LogP contribution in [0, 0.1) is 0 Å². The van der Waals surface area contributed by atoms with Gasteiger partial charge in [0.25, 0.3) is 0 Å². The van der Waals surface area contributed by atoms with E-state index < -0.39 is 5.97 Å². The second kappa shape index (κ2) is 5.81. The van der Waals surface area contributed by atoms with Crippen LogP contribution < -0.4 is 10.1 Å². The molecule has 0 saturated heterocycles. The Balaban J connectivity index is 1.79. The lowest BCUT2D eigenvalue weighted by Gasteiger charge is -2.36. The summed E-state index contributed by atoms with van der Waals surface area (Å²) < 4.78 is 5.70. The number of carbonyl (C=O) groups is 1. The fourth-order valence-electron chi connectivity index (χ4n) is 2.84. The van der Waals surface area contributed by atoms with Crippen molar-refractivity contribution >= 4 is 5.97 Å². The number of fused-ring (bicyclic) bond motifs is 1. The highest BCUT2D eigenvalue weighted by Gasteiger charge is 2.32. The zero-order chi connectivity index (χ0) is 15.6. The Kier molecular flexibility index (Phi) is 3.86. The number of hydrogen-bond donors (Lipinski definition) is 2. The summed E-state index contributed by atoms with van der Waals surface area (Å²) >= 11 is 0. The monoisotopic (exact) mass is 297 g/mol. The zero-order valence-electron chi connectivity index (χ0n) is 12.5. The summed E-state index contributed by atoms with van der Waals surface area (Å²) in [6.45, 7) is 3.46. The van der Waals surface area contributed by atoms with Crippen LogP contribution in [0.3, 0.4) is 0 Å². The first-order valence-corrected chi connectivity index (χ1v) is 7.38. The van der Waals surface area contributed by atoms with Crippen LogP contribution in [0.25, 0.3) is 0 Å². The Hall–Kier alpha value is -2.33. The molecule has 114 valence electrons. The van der Waals surface area contributed by atoms with Crippen molar-refractivity contribution in [3.05, 3.63) is 65.2 Å². The van der Waals surface area contributed by atoms with Gasteiger partial charge in [0.2, 0.25) is 0 Å². The van der Waals surface area contributed by atoms with Gasteiger partial charge < -0.3 is 15.2 Å². The van der Waals surface area contributed by atoms with Crippen molar-refractivity contribution in [2.24, 2.45) is 0 Å². The third kappa shape index (κ3) is 2.83. The molecule has 1 heterocycles. The molecular weight excluding hydrogens is 278 g/mol. The second-order valence-electron chi connectivity index (χ2n) is 5.79. The highest BCUT2D eigenvalue weighted by Crippen LogP contribution is 2.36. The third-order valence-corrected chi connectivity index (χ3v) is 4.20. The molecule has 2 aromatic rings. The number of nitrogens with one attached hydrogen (secondary N) is 1. The van der Waals surface area contributed by atoms with Crippen LogP contribution >= 0.6 is 0 Å². The van der Waals surface area contributed by atoms with E-state index in [1.807, 2.05) is 24.3 Å². The number of carboxylic acids is 1. The summed E-state index contributed by atoms with van der Waals surface area (Å²) in [5.41, 5.74) is 2.26. The number of aromatic carboxylic acids is 1. The molecule has 22 heavy (non-hydrogen) atoms. The fraction of sp³-hybridized carbons (Fsp3) is 0.278. The second-order valence-corrected chi connectivity index (χ2v) is 5.79. The standard InChI is InChI=1S/C18H19NO3/c1-18(9-10-22-16-8-3-2-7-15(16)18)19-12-13-5-4-6-14(11-13)17(20)21/h2-8,11,19H,9-10,12H2,1H3,(H,20,21). The maximum atomic E-state index is 11.0. The summed E-state index contributed by atoms with van der Waals surface area (Å²) in [6, 6.07) is 15.1. The predicted molar refractivity (Wildman–Crippen MR) is 84.1 cm³/mol. The van der Waals surface area contributed by atoms with Crippen molar-refractivity contribution in [2.75, 3.05) is 6.61 Å². The molecule has 0 amide bonds. The minimum atomic E-state index is -0.899. The average molecular weight is 297 g/mol. The van der Waals surface area contributed by atoms with Gasteiger partial charge in [-0.25, -0.2) is 4.79 Å². The van der Waals surface area contributed by atoms with Crippen LogP contribution in [-0.4, -0.2) is 17.7 Å². The van der Waals surface area contributed by atoms with E-state index >= 15 is 0 Å². The first-order chi connectivity index (χ1) is 10.6. The van der Waals surface area contributed by atoms with Crippen LogP contribution in [0.4, 0.5) is 0 Å². The Morgan fingerprint density at radius 3 is 2.91 bits per heavy atom. The van der Waals surface area contributed by atoms with Crippen LogP contribution in [0.15, 0.2) is 48.5 Å². The number of benzene rings is 2. The van der Waals surface area contributed by atoms with E-state index in [1.54, 1.807) is 18.2 Å². The minimum absolute atomic E-state index is 0.173. The minimum Gasteiger partial charge on any atom is -0.493 e. The maximum Gasteiger partial charge on any atom is 0.335 e. The number of hydrogen-bond acceptors (Lipinski definition) is 3. The zero-order valence-corrected chi connectivity index (χ0v) is 12.5. The lowest BCUT2D eigenvalue weighted by atomic mass is 9.86. The highest BCUT2D eigenvalue weighted by atomic mass is 16.5. The van der Waals surface area contributed by atoms with Gasteiger partial charge in [0.1, 0.15) is 5.75 Å². The summed E-state index contributed by atoms with van der Waals surface area (Å²) in [5.74, 6) is 0.0208. The molecule has 4 nitrogen and oxygen atoms in total. The molecule has 0 radical (unpaired) electrons. The van der Waals surface area contributed by atoms with Crippen LogP contribution in [0.2, 0.25) is 0 Å². The molecule has 2 aromatic carbocycles. The lowest BCUT2D eigenvalue weighted by Crippen LogP contribution is -2.43. The molecular formula is C18H19NO3. The topological polar surface area (TPSA) is 58.6 Å². The average Bonchev–Trinajstić information content (AvgIpc) is 2.54. The SMILES string of the molecule is CC1(NCc2cccc(C(=O)O)c2)CCOc2ccccc21. The number of carboxylic acid groups (broad SMARTS) is 1. The summed E-state index contributed by atoms with van der Waals surface area (Å²) in [6.07, 6.45) is 0.878. The van der Waals surface area contributed by atoms with Gasteiger partial charge in [-0.15, -0.1) is 0 Å². The summed E-state index contributed by atoms with van der Waals surface area (Å²) in [5, 5.41) is 12.6. The number of ether oxygens (including phenoxy) is 1. The highest BCUT2D eigenvalue weighted by molar-refractivity contribution is 5.87. The first-order valence-electron chi connectivity index (χ1n) is 7.38. The molecule has 0 aliphatic carbocycles. The van der Waals surface area contributed by atoms with Crippen LogP contribution in [0.5, 0.6) is 5.75 Å². The molecule has 1 aliphatic rings. The van der Waals surface area contributed by atoms with Crippen molar-refractivity contribution in [2.45, 2.75) is 25.4 Å². The van der Waals surface area contributed by atoms with Crippen LogP contribution in [0.1, 0.15) is 34.8 Å². The van der Waals surface area contributed by atoms with Gasteiger partial charge >= 0.3 is 5.97 Å². The van der Waals surface area contributed by atoms with E-state index in [0.29, 0.717) is 18.7 Å². The van der Waals surface area contributed by atoms with E-state index in [-0.39, 0.29) is 5.54 Å². The lowest BCUT2D eigenvalue weighted by molar-refractivity contribution is 0.0696. The maximum absolute atomic E-state index is 11.0. The third-order valence-electron chi connectivity index (χ3n) is 4.20. The fourth-order valence-corrected chi connectivity index (χ4v) is 2.84. The van der Waals surface area contributed by atoms with Gasteiger partial charge in [-0.2, -0.15) is 0 Å². The molecule has 0 saturated carbocycles. The van der Waals surface area contributed by atoms with E-state index in [2.05, 4.69) is 18.3 Å². The van der Waals surface area contributed by atoms with Gasteiger partial charge in [0, 0.05) is 24.1 Å². The van der Waals surface area contributed by atoms with Crippen molar-refractivity contribution in [3.8, 4) is 5.75 Å². The Morgan fingerprint density at radius 2 is 2.09 bits per heavy atom. The molecule has 2 N–H and O–H groups in total. The van der Waals surface area contributed by atoms with Crippen molar-refractivity contribution in [1.82, 2.24) is 5.32 Å². The van der Waals surface area contributed by atoms with Crippen molar-refractivity contribution < 1.29 is 14.6 Å². The van der Waals surface area contributed by atoms with Gasteiger partial charge in [0.15, 0.2) is 0 Å². The van der Waals surface area contributed by atoms with Crippen LogP contribution in [-0.2, 0) is 12.1 Å². The van der Waals surface area contributed by atoms with Gasteiger partial charge in [-0.1, -0.05) is 30.3 Å². The predicted octanol–water partition coefficient (Wildman–Crippen LogP) is 3.17. The van der Waals surface area contributed by atoms with E-state index in [1.165, 1.54) is 0 Å². The molecule has 1 aliphatic heterocycles. The summed E-state index contributed by atoms with van der Waals surface area (Å²) in [7, 11) is 0. The molecule has 3 rings (SSSR count). The molecule has 0 spiro atoms. The molecule has 4 heteroatoms. The van der Waals surface area contributed by atoms with E-state index in [9.17, 15) is 4.79 Å². The number of rotatable bonds is 4. The van der Waals surface area contributed by atoms with Gasteiger partial charge in [-0.3, -0.25) is 0 Å². The summed E-state index contributed by atoms with van der Waals surface area (Å²) in [4.78, 5) is 11.0. The van der Waals surface area contributed by atoms with Crippen molar-refractivity contribution in [3.63, 3.8) is 0 Å². The smallest absolute Gasteiger partial charge is 0.335 e. The Morgan fingerprint density at radius 1 is 1.27 bits per heavy atom. The molecule has 1 atom stereocenters. The van der Waals surface area contributed by atoms with Gasteiger partial charge in [-0.05, 0) is 30.7 Å². The largest absolute Gasteiger partial charge is 0.493 e. The number of para-hydroxylation sites is 1. The van der Waals surface area contributed by atoms with E-state index in [0.717, 1.165) is 23.3 Å². The molecule has 0 aromatic heterocycles. The Labute approximate surface area is 129 Å². The normalized spacial score (nSPS) is 20.0. The molecule has 1 unspecified atom stereocenters. The van der Waals surface area contributed by atoms with Gasteiger partial charge in [0.05, 0.1) is 12.2 Å². The van der Waals surface area contributed by atoms with Crippen molar-refractivity contribution in [1.29, 1.82) is 0 Å². The quantitative estimate of drug-likeness (QED) is 0.910. The molecule has 0 bridgehead atoms. The Bertz CT molecular complexity index is 698. The first kappa shape index (κ1) is 14.6.